The Kier molecular flexibility index (Phi) is 6.32. The van der Waals surface area contributed by atoms with Crippen LogP contribution in [0.4, 0.5) is 0 Å². The molecule has 1 aliphatic heterocycles. The molecule has 5 rings (SSSR count). The van der Waals surface area contributed by atoms with Gasteiger partial charge in [0.05, 0.1) is 52.6 Å². The van der Waals surface area contributed by atoms with Crippen LogP contribution in [0.3, 0.4) is 0 Å². The number of aromatic nitrogens is 2. The normalized spacial score (nSPS) is 16.5. The summed E-state index contributed by atoms with van der Waals surface area (Å²) in [5.74, 6) is 0. The van der Waals surface area contributed by atoms with Crippen molar-refractivity contribution in [3.63, 3.8) is 0 Å². The van der Waals surface area contributed by atoms with Crippen LogP contribution < -0.4 is 22.0 Å². The summed E-state index contributed by atoms with van der Waals surface area (Å²) >= 11 is 0. The lowest BCUT2D eigenvalue weighted by molar-refractivity contribution is 0.148. The zero-order valence-electron chi connectivity index (χ0n) is 17.9. The molecule has 164 valence electrons. The lowest BCUT2D eigenvalue weighted by Gasteiger charge is -1.98. The van der Waals surface area contributed by atoms with Crippen molar-refractivity contribution < 1.29 is 9.47 Å². The lowest BCUT2D eigenvalue weighted by Crippen LogP contribution is -2.16. The minimum absolute atomic E-state index is 0.537. The summed E-state index contributed by atoms with van der Waals surface area (Å²) in [6, 6.07) is 16.3. The second kappa shape index (κ2) is 9.84. The zero-order valence-corrected chi connectivity index (χ0v) is 17.9. The molecule has 0 atom stereocenters. The van der Waals surface area contributed by atoms with E-state index in [4.69, 9.17) is 9.47 Å². The van der Waals surface area contributed by atoms with Crippen LogP contribution in [0.5, 0.6) is 0 Å². The Hall–Kier alpha value is -3.36. The number of aromatic amines is 2. The molecule has 4 aromatic rings. The Balaban J connectivity index is 1.41. The minimum Gasteiger partial charge on any atom is -0.378 e. The van der Waals surface area contributed by atoms with Crippen molar-refractivity contribution in [2.45, 2.75) is 0 Å². The van der Waals surface area contributed by atoms with Crippen LogP contribution in [-0.2, 0) is 9.47 Å². The highest BCUT2D eigenvalue weighted by atomic mass is 16.5. The number of hydrogen-bond donors (Lipinski definition) is 2. The third-order valence-electron chi connectivity index (χ3n) is 5.37. The van der Waals surface area contributed by atoms with Crippen molar-refractivity contribution in [1.29, 1.82) is 0 Å². The largest absolute Gasteiger partial charge is 0.378 e. The Morgan fingerprint density at radius 3 is 1.03 bits per heavy atom. The fraction of sp³-hybridized carbons (Fsp3) is 0.333. The van der Waals surface area contributed by atoms with E-state index in [1.54, 1.807) is 0 Å². The summed E-state index contributed by atoms with van der Waals surface area (Å²) in [7, 11) is 0. The SMILES string of the molecule is c1ccc2c3[nH]c(c2c1)=NCCOCCN=c1[nH]c(c2ccccc12)=NCCOCCN=3. The number of ether oxygens (including phenoxy) is 2. The monoisotopic (exact) mass is 430 g/mol. The van der Waals surface area contributed by atoms with Crippen molar-refractivity contribution in [2.24, 2.45) is 20.0 Å². The molecule has 2 aromatic carbocycles. The maximum absolute atomic E-state index is 5.76. The van der Waals surface area contributed by atoms with E-state index in [1.807, 2.05) is 24.3 Å². The first-order chi connectivity index (χ1) is 15.9. The quantitative estimate of drug-likeness (QED) is 0.433. The highest BCUT2D eigenvalue weighted by Crippen LogP contribution is 2.04. The standard InChI is InChI=1S/C24H26N6O2/c1-2-6-18-17(5-1)21-25-9-13-31-15-11-27-23-19-7-3-4-8-20(19)24(30-23)28-12-16-32-14-10-26-22(18)29-21/h1-8H,9-16H2,(H,25,26,29)(H,27,28,30). The molecule has 32 heavy (non-hydrogen) atoms. The predicted octanol–water partition coefficient (Wildman–Crippen LogP) is 0.875. The smallest absolute Gasteiger partial charge is 0.134 e. The van der Waals surface area contributed by atoms with Crippen LogP contribution in [-0.4, -0.2) is 62.6 Å². The van der Waals surface area contributed by atoms with Gasteiger partial charge in [-0.2, -0.15) is 0 Å². The molecule has 0 amide bonds. The molecule has 8 heteroatoms. The van der Waals surface area contributed by atoms with E-state index < -0.39 is 0 Å². The van der Waals surface area contributed by atoms with E-state index in [2.05, 4.69) is 54.2 Å². The second-order valence-electron chi connectivity index (χ2n) is 7.49. The summed E-state index contributed by atoms with van der Waals surface area (Å²) in [6.45, 7) is 4.43. The van der Waals surface area contributed by atoms with Crippen molar-refractivity contribution in [2.75, 3.05) is 52.6 Å². The highest BCUT2D eigenvalue weighted by Gasteiger charge is 2.03. The van der Waals surface area contributed by atoms with Crippen molar-refractivity contribution in [1.82, 2.24) is 9.97 Å². The van der Waals surface area contributed by atoms with E-state index in [0.29, 0.717) is 52.6 Å². The molecule has 0 saturated carbocycles. The number of nitrogens with one attached hydrogen (secondary N) is 2. The average molecular weight is 431 g/mol. The first-order valence-corrected chi connectivity index (χ1v) is 11.0. The van der Waals surface area contributed by atoms with Gasteiger partial charge < -0.3 is 19.4 Å². The van der Waals surface area contributed by atoms with Crippen molar-refractivity contribution in [3.05, 3.63) is 70.5 Å². The molecule has 0 fully saturated rings. The van der Waals surface area contributed by atoms with Gasteiger partial charge in [0.15, 0.2) is 0 Å². The Bertz CT molecular complexity index is 1240. The molecule has 0 radical (unpaired) electrons. The summed E-state index contributed by atoms with van der Waals surface area (Å²) < 4.78 is 11.5. The number of hydrogen-bond acceptors (Lipinski definition) is 6. The Labute approximate surface area is 184 Å². The highest BCUT2D eigenvalue weighted by molar-refractivity contribution is 5.81. The first kappa shape index (κ1) is 20.5. The Morgan fingerprint density at radius 2 is 0.750 bits per heavy atom. The molecule has 0 unspecified atom stereocenters. The molecular weight excluding hydrogens is 404 g/mol. The topological polar surface area (TPSA) is 99.5 Å². The minimum atomic E-state index is 0.537. The van der Waals surface area contributed by atoms with E-state index in [-0.39, 0.29) is 0 Å². The van der Waals surface area contributed by atoms with Crippen molar-refractivity contribution in [3.8, 4) is 0 Å². The van der Waals surface area contributed by atoms with Gasteiger partial charge in [0.1, 0.15) is 22.0 Å². The first-order valence-electron chi connectivity index (χ1n) is 11.0. The predicted molar refractivity (Wildman–Crippen MR) is 122 cm³/mol. The zero-order chi connectivity index (χ0) is 21.6. The molecule has 2 N–H and O–H groups in total. The molecule has 4 bridgehead atoms. The third-order valence-corrected chi connectivity index (χ3v) is 5.37. The number of fused-ring (bicyclic) bond motifs is 10. The van der Waals surface area contributed by atoms with Gasteiger partial charge in [0.25, 0.3) is 0 Å². The van der Waals surface area contributed by atoms with Crippen LogP contribution >= 0.6 is 0 Å². The molecule has 0 aliphatic carbocycles. The van der Waals surface area contributed by atoms with E-state index in [9.17, 15) is 0 Å². The number of H-pyrrole nitrogens is 2. The van der Waals surface area contributed by atoms with Crippen LogP contribution in [0, 0.1) is 0 Å². The number of benzene rings is 2. The van der Waals surface area contributed by atoms with Crippen LogP contribution in [0.1, 0.15) is 0 Å². The third kappa shape index (κ3) is 4.46. The van der Waals surface area contributed by atoms with E-state index >= 15 is 0 Å². The molecule has 3 heterocycles. The van der Waals surface area contributed by atoms with Crippen molar-refractivity contribution >= 4 is 21.5 Å². The molecule has 8 nitrogen and oxygen atoms in total. The molecular formula is C24H26N6O2. The summed E-state index contributed by atoms with van der Waals surface area (Å²) in [6.07, 6.45) is 0. The fourth-order valence-corrected chi connectivity index (χ4v) is 3.88. The number of rotatable bonds is 0. The van der Waals surface area contributed by atoms with Gasteiger partial charge in [-0.25, -0.2) is 0 Å². The second-order valence-corrected chi connectivity index (χ2v) is 7.49. The summed E-state index contributed by atoms with van der Waals surface area (Å²) in [4.78, 5) is 25.4. The summed E-state index contributed by atoms with van der Waals surface area (Å²) in [5.41, 5.74) is 3.36. The van der Waals surface area contributed by atoms with Gasteiger partial charge in [-0.3, -0.25) is 20.0 Å². The van der Waals surface area contributed by atoms with Crippen LogP contribution in [0.15, 0.2) is 68.5 Å². The van der Waals surface area contributed by atoms with E-state index in [0.717, 1.165) is 43.5 Å². The van der Waals surface area contributed by atoms with Crippen LogP contribution in [0.25, 0.3) is 21.5 Å². The van der Waals surface area contributed by atoms with Gasteiger partial charge >= 0.3 is 0 Å². The molecule has 1 aliphatic rings. The van der Waals surface area contributed by atoms with Gasteiger partial charge in [-0.05, 0) is 0 Å². The molecule has 0 saturated heterocycles. The summed E-state index contributed by atoms with van der Waals surface area (Å²) in [5, 5.41) is 4.28. The lowest BCUT2D eigenvalue weighted by atomic mass is 10.2. The average Bonchev–Trinajstić information content (AvgIpc) is 3.36. The molecule has 2 aromatic heterocycles. The molecule has 0 spiro atoms. The maximum Gasteiger partial charge on any atom is 0.134 e. The maximum atomic E-state index is 5.76. The number of nitrogens with zero attached hydrogens (tertiary/aromatic N) is 4. The van der Waals surface area contributed by atoms with Gasteiger partial charge in [0, 0.05) is 21.5 Å². The van der Waals surface area contributed by atoms with E-state index in [1.165, 1.54) is 0 Å². The fourth-order valence-electron chi connectivity index (χ4n) is 3.88. The van der Waals surface area contributed by atoms with Gasteiger partial charge in [-0.15, -0.1) is 0 Å². The van der Waals surface area contributed by atoms with Gasteiger partial charge in [-0.1, -0.05) is 48.5 Å². The van der Waals surface area contributed by atoms with Crippen LogP contribution in [0.2, 0.25) is 0 Å². The Morgan fingerprint density at radius 1 is 0.469 bits per heavy atom. The van der Waals surface area contributed by atoms with Gasteiger partial charge in [0.2, 0.25) is 0 Å².